The molecule has 0 amide bonds. The van der Waals surface area contributed by atoms with Crippen LogP contribution in [0.4, 0.5) is 0 Å². The summed E-state index contributed by atoms with van der Waals surface area (Å²) in [6, 6.07) is 3.72. The summed E-state index contributed by atoms with van der Waals surface area (Å²) in [4.78, 5) is 25.2. The normalized spacial score (nSPS) is 17.1. The van der Waals surface area contributed by atoms with Gasteiger partial charge in [0.2, 0.25) is 0 Å². The molecule has 1 fully saturated rings. The minimum absolute atomic E-state index is 0.104. The summed E-state index contributed by atoms with van der Waals surface area (Å²) in [6.45, 7) is 4.14. The molecule has 1 heterocycles. The molecule has 0 saturated heterocycles. The molecule has 1 aromatic rings. The Morgan fingerprint density at radius 1 is 1.20 bits per heavy atom. The highest BCUT2D eigenvalue weighted by atomic mass is 32.1. The quantitative estimate of drug-likeness (QED) is 0.700. The Hall–Kier alpha value is -0.960. The summed E-state index contributed by atoms with van der Waals surface area (Å²) >= 11 is 1.46. The van der Waals surface area contributed by atoms with E-state index >= 15 is 0 Å². The van der Waals surface area contributed by atoms with E-state index in [9.17, 15) is 9.59 Å². The number of carbonyl (C=O) groups is 2. The molecule has 0 radical (unpaired) electrons. The minimum Gasteiger partial charge on any atom is -0.299 e. The van der Waals surface area contributed by atoms with Crippen molar-refractivity contribution in [3.63, 3.8) is 0 Å². The lowest BCUT2D eigenvalue weighted by molar-refractivity contribution is -0.130. The average Bonchev–Trinajstić information content (AvgIpc) is 2.99. The van der Waals surface area contributed by atoms with Crippen LogP contribution in [0.3, 0.4) is 0 Å². The van der Waals surface area contributed by atoms with Gasteiger partial charge in [0.25, 0.3) is 0 Å². The van der Waals surface area contributed by atoms with Gasteiger partial charge in [-0.25, -0.2) is 0 Å². The Labute approximate surface area is 125 Å². The van der Waals surface area contributed by atoms with Gasteiger partial charge in [-0.1, -0.05) is 39.2 Å². The largest absolute Gasteiger partial charge is 0.299 e. The van der Waals surface area contributed by atoms with E-state index in [0.717, 1.165) is 17.7 Å². The van der Waals surface area contributed by atoms with Crippen LogP contribution in [0.1, 0.15) is 68.5 Å². The highest BCUT2D eigenvalue weighted by Crippen LogP contribution is 2.39. The van der Waals surface area contributed by atoms with Gasteiger partial charge in [0, 0.05) is 18.3 Å². The van der Waals surface area contributed by atoms with Gasteiger partial charge in [0.1, 0.15) is 5.78 Å². The second-order valence-electron chi connectivity index (χ2n) is 6.38. The van der Waals surface area contributed by atoms with Crippen LogP contribution in [0.5, 0.6) is 0 Å². The predicted molar refractivity (Wildman–Crippen MR) is 83.2 cm³/mol. The van der Waals surface area contributed by atoms with E-state index in [-0.39, 0.29) is 17.0 Å². The summed E-state index contributed by atoms with van der Waals surface area (Å²) in [7, 11) is 0. The van der Waals surface area contributed by atoms with Crippen molar-refractivity contribution in [1.29, 1.82) is 0 Å². The Morgan fingerprint density at radius 2 is 1.90 bits per heavy atom. The molecular weight excluding hydrogens is 268 g/mol. The lowest BCUT2D eigenvalue weighted by Crippen LogP contribution is -2.34. The zero-order valence-electron chi connectivity index (χ0n) is 12.5. The number of carbonyl (C=O) groups excluding carboxylic acids is 2. The predicted octanol–water partition coefficient (Wildman–Crippen LogP) is 4.89. The van der Waals surface area contributed by atoms with Crippen molar-refractivity contribution >= 4 is 22.9 Å². The number of hydrogen-bond acceptors (Lipinski definition) is 3. The third-order valence-electron chi connectivity index (χ3n) is 4.72. The maximum Gasteiger partial charge on any atom is 0.173 e. The lowest BCUT2D eigenvalue weighted by Gasteiger charge is -2.35. The zero-order chi connectivity index (χ0) is 14.6. The van der Waals surface area contributed by atoms with Crippen LogP contribution in [0.2, 0.25) is 0 Å². The van der Waals surface area contributed by atoms with Crippen molar-refractivity contribution < 1.29 is 9.59 Å². The van der Waals surface area contributed by atoms with Crippen LogP contribution in [-0.2, 0) is 4.79 Å². The summed E-state index contributed by atoms with van der Waals surface area (Å²) in [6.07, 6.45) is 6.87. The van der Waals surface area contributed by atoms with Gasteiger partial charge in [-0.15, -0.1) is 11.3 Å². The van der Waals surface area contributed by atoms with Gasteiger partial charge in [-0.05, 0) is 30.2 Å². The minimum atomic E-state index is -0.268. The highest BCUT2D eigenvalue weighted by molar-refractivity contribution is 7.12. The van der Waals surface area contributed by atoms with Gasteiger partial charge < -0.3 is 0 Å². The number of Topliss-reactive ketones (excluding diaryl/α,β-unsaturated/α-hetero) is 2. The molecule has 2 nitrogen and oxygen atoms in total. The molecule has 1 aliphatic carbocycles. The van der Waals surface area contributed by atoms with Crippen molar-refractivity contribution in [3.05, 3.63) is 22.4 Å². The molecule has 20 heavy (non-hydrogen) atoms. The monoisotopic (exact) mass is 292 g/mol. The average molecular weight is 292 g/mol. The molecule has 110 valence electrons. The molecule has 1 aromatic heterocycles. The fourth-order valence-corrected chi connectivity index (χ4v) is 3.86. The summed E-state index contributed by atoms with van der Waals surface area (Å²) in [5.74, 6) is 0.864. The van der Waals surface area contributed by atoms with Crippen LogP contribution in [0.15, 0.2) is 17.5 Å². The fourth-order valence-electron chi connectivity index (χ4n) is 3.16. The van der Waals surface area contributed by atoms with E-state index in [1.807, 2.05) is 17.5 Å². The summed E-state index contributed by atoms with van der Waals surface area (Å²) < 4.78 is 0. The standard InChI is InChI=1S/C17H24O2S/c1-17(2,13-7-4-3-5-8-13)16(19)11-10-14(18)15-9-6-12-20-15/h6,9,12-13H,3-5,7-8,10-11H2,1-2H3. The van der Waals surface area contributed by atoms with Gasteiger partial charge in [-0.2, -0.15) is 0 Å². The first-order chi connectivity index (χ1) is 9.51. The maximum atomic E-state index is 12.5. The topological polar surface area (TPSA) is 34.1 Å². The first-order valence-corrected chi connectivity index (χ1v) is 8.50. The van der Waals surface area contributed by atoms with E-state index in [0.29, 0.717) is 18.8 Å². The zero-order valence-corrected chi connectivity index (χ0v) is 13.3. The number of hydrogen-bond donors (Lipinski definition) is 0. The van der Waals surface area contributed by atoms with Crippen molar-refractivity contribution in [2.45, 2.75) is 58.8 Å². The van der Waals surface area contributed by atoms with Crippen LogP contribution >= 0.6 is 11.3 Å². The summed E-state index contributed by atoms with van der Waals surface area (Å²) in [5, 5.41) is 1.90. The number of ketones is 2. The fraction of sp³-hybridized carbons (Fsp3) is 0.647. The third kappa shape index (κ3) is 3.57. The molecule has 2 rings (SSSR count). The van der Waals surface area contributed by atoms with E-state index in [1.165, 1.54) is 30.6 Å². The molecule has 3 heteroatoms. The van der Waals surface area contributed by atoms with Gasteiger partial charge in [0.15, 0.2) is 5.78 Å². The molecular formula is C17H24O2S. The van der Waals surface area contributed by atoms with Crippen LogP contribution in [0, 0.1) is 11.3 Å². The molecule has 0 spiro atoms. The van der Waals surface area contributed by atoms with E-state index in [4.69, 9.17) is 0 Å². The Morgan fingerprint density at radius 3 is 2.50 bits per heavy atom. The Bertz CT molecular complexity index is 453. The van der Waals surface area contributed by atoms with Crippen LogP contribution in [-0.4, -0.2) is 11.6 Å². The third-order valence-corrected chi connectivity index (χ3v) is 5.63. The Balaban J connectivity index is 1.88. The van der Waals surface area contributed by atoms with Gasteiger partial charge in [-0.3, -0.25) is 9.59 Å². The van der Waals surface area contributed by atoms with Gasteiger partial charge >= 0.3 is 0 Å². The summed E-state index contributed by atoms with van der Waals surface area (Å²) in [5.41, 5.74) is -0.268. The first-order valence-electron chi connectivity index (χ1n) is 7.62. The van der Waals surface area contributed by atoms with Crippen LogP contribution in [0.25, 0.3) is 0 Å². The van der Waals surface area contributed by atoms with E-state index < -0.39 is 0 Å². The first kappa shape index (κ1) is 15.4. The van der Waals surface area contributed by atoms with Crippen molar-refractivity contribution in [3.8, 4) is 0 Å². The Kier molecular flexibility index (Phi) is 5.14. The molecule has 1 aliphatic rings. The second kappa shape index (κ2) is 6.66. The molecule has 0 aliphatic heterocycles. The molecule has 0 bridgehead atoms. The van der Waals surface area contributed by atoms with Crippen LogP contribution < -0.4 is 0 Å². The maximum absolute atomic E-state index is 12.5. The number of rotatable bonds is 6. The molecule has 0 aromatic carbocycles. The molecule has 1 saturated carbocycles. The van der Waals surface area contributed by atoms with Crippen molar-refractivity contribution in [2.24, 2.45) is 11.3 Å². The lowest BCUT2D eigenvalue weighted by atomic mass is 9.68. The van der Waals surface area contributed by atoms with E-state index in [2.05, 4.69) is 13.8 Å². The molecule has 0 atom stereocenters. The van der Waals surface area contributed by atoms with Crippen molar-refractivity contribution in [2.75, 3.05) is 0 Å². The number of thiophene rings is 1. The highest BCUT2D eigenvalue weighted by Gasteiger charge is 2.36. The van der Waals surface area contributed by atoms with Gasteiger partial charge in [0.05, 0.1) is 4.88 Å². The smallest absolute Gasteiger partial charge is 0.173 e. The van der Waals surface area contributed by atoms with Crippen molar-refractivity contribution in [1.82, 2.24) is 0 Å². The second-order valence-corrected chi connectivity index (χ2v) is 7.33. The molecule has 0 unspecified atom stereocenters. The molecule has 0 N–H and O–H groups in total. The SMILES string of the molecule is CC(C)(C(=O)CCC(=O)c1cccs1)C1CCCCC1. The van der Waals surface area contributed by atoms with E-state index in [1.54, 1.807) is 0 Å².